The summed E-state index contributed by atoms with van der Waals surface area (Å²) in [7, 11) is 0. The van der Waals surface area contributed by atoms with Crippen molar-refractivity contribution in [2.24, 2.45) is 11.5 Å². The van der Waals surface area contributed by atoms with E-state index in [1.807, 2.05) is 0 Å². The molecule has 0 heterocycles. The quantitative estimate of drug-likeness (QED) is 0.391. The summed E-state index contributed by atoms with van der Waals surface area (Å²) in [5, 5.41) is 15.8. The van der Waals surface area contributed by atoms with Crippen LogP contribution in [-0.2, 0) is 9.59 Å². The molecular weight excluding hydrogens is 233 g/mol. The third-order valence-electron chi connectivity index (χ3n) is 0.719. The fraction of sp³-hybridized carbons (Fsp3) is 0.667. The van der Waals surface area contributed by atoms with Gasteiger partial charge in [-0.3, -0.25) is 9.59 Å². The molecule has 78 valence electrons. The van der Waals surface area contributed by atoms with Gasteiger partial charge < -0.3 is 21.7 Å². The molecule has 0 aliphatic carbocycles. The van der Waals surface area contributed by atoms with Crippen LogP contribution in [0.1, 0.15) is 12.8 Å². The van der Waals surface area contributed by atoms with E-state index >= 15 is 0 Å². The normalized spacial score (nSPS) is 6.53. The summed E-state index contributed by atoms with van der Waals surface area (Å²) in [4.78, 5) is 19.3. The summed E-state index contributed by atoms with van der Waals surface area (Å²) in [6.45, 7) is 1.19. The number of aliphatic carboxylic acids is 2. The van der Waals surface area contributed by atoms with Crippen LogP contribution >= 0.6 is 0 Å². The Morgan fingerprint density at radius 3 is 1.07 bits per heavy atom. The third kappa shape index (κ3) is 49.3. The monoisotopic (exact) mass is 250 g/mol. The molecule has 0 aromatic rings. The molecule has 0 amide bonds. The van der Waals surface area contributed by atoms with E-state index in [0.29, 0.717) is 13.1 Å². The first kappa shape index (κ1) is 30.2. The van der Waals surface area contributed by atoms with Crippen molar-refractivity contribution in [3.63, 3.8) is 0 Å². The molecule has 0 aliphatic rings. The first-order valence-corrected chi connectivity index (χ1v) is 3.38. The average Bonchev–Trinajstić information content (AvgIpc) is 2.01. The molecule has 0 aromatic carbocycles. The van der Waals surface area contributed by atoms with E-state index < -0.39 is 11.9 Å². The fourth-order valence-corrected chi connectivity index (χ4v) is 0.214. The van der Waals surface area contributed by atoms with Gasteiger partial charge in [0, 0.05) is 13.1 Å². The van der Waals surface area contributed by atoms with Gasteiger partial charge in [-0.1, -0.05) is 0 Å². The second kappa shape index (κ2) is 24.9. The van der Waals surface area contributed by atoms with E-state index in [4.69, 9.17) is 21.7 Å². The number of carboxylic acids is 2. The van der Waals surface area contributed by atoms with E-state index in [2.05, 4.69) is 0 Å². The van der Waals surface area contributed by atoms with Gasteiger partial charge in [-0.15, -0.1) is 0 Å². The molecule has 0 aliphatic heterocycles. The number of nitrogens with two attached hydrogens (primary N) is 2. The Balaban J connectivity index is -0.0000000424. The van der Waals surface area contributed by atoms with Crippen molar-refractivity contribution in [2.75, 3.05) is 13.1 Å². The van der Waals surface area contributed by atoms with Gasteiger partial charge in [-0.2, -0.15) is 0 Å². The van der Waals surface area contributed by atoms with Crippen LogP contribution in [0.4, 0.5) is 0 Å². The Morgan fingerprint density at radius 1 is 0.800 bits per heavy atom. The average molecular weight is 250 g/mol. The van der Waals surface area contributed by atoms with Crippen molar-refractivity contribution in [1.29, 1.82) is 0 Å². The SMILES string of the molecule is NCCN.O=C(O)CCC(=O)O.[NaH].[NaH].[NaH]. The second-order valence-electron chi connectivity index (χ2n) is 1.86. The zero-order valence-electron chi connectivity index (χ0n) is 6.69. The molecule has 0 spiro atoms. The van der Waals surface area contributed by atoms with E-state index in [1.54, 1.807) is 0 Å². The van der Waals surface area contributed by atoms with Gasteiger partial charge in [0.05, 0.1) is 12.8 Å². The van der Waals surface area contributed by atoms with Gasteiger partial charge in [-0.25, -0.2) is 0 Å². The van der Waals surface area contributed by atoms with E-state index in [1.165, 1.54) is 0 Å². The summed E-state index contributed by atoms with van der Waals surface area (Å²) in [5.74, 6) is -2.15. The van der Waals surface area contributed by atoms with Gasteiger partial charge in [0.15, 0.2) is 0 Å². The number of rotatable bonds is 4. The van der Waals surface area contributed by atoms with Gasteiger partial charge >= 0.3 is 101 Å². The van der Waals surface area contributed by atoms with Gasteiger partial charge in [0.2, 0.25) is 0 Å². The van der Waals surface area contributed by atoms with Crippen molar-refractivity contribution in [1.82, 2.24) is 0 Å². The number of carbonyl (C=O) groups is 2. The van der Waals surface area contributed by atoms with Crippen molar-refractivity contribution in [2.45, 2.75) is 12.8 Å². The minimum absolute atomic E-state index is 0. The molecule has 0 bridgehead atoms. The van der Waals surface area contributed by atoms with Crippen molar-refractivity contribution in [3.05, 3.63) is 0 Å². The Hall–Kier alpha value is 1.86. The van der Waals surface area contributed by atoms with Crippen LogP contribution in [0, 0.1) is 0 Å². The molecule has 0 atom stereocenters. The van der Waals surface area contributed by atoms with E-state index in [-0.39, 0.29) is 102 Å². The van der Waals surface area contributed by atoms with Crippen LogP contribution < -0.4 is 11.5 Å². The molecule has 9 heteroatoms. The van der Waals surface area contributed by atoms with Crippen molar-refractivity contribution in [3.8, 4) is 0 Å². The Morgan fingerprint density at radius 2 is 1.00 bits per heavy atom. The third-order valence-corrected chi connectivity index (χ3v) is 0.719. The van der Waals surface area contributed by atoms with Gasteiger partial charge in [0.25, 0.3) is 0 Å². The van der Waals surface area contributed by atoms with Gasteiger partial charge in [-0.05, 0) is 0 Å². The first-order valence-electron chi connectivity index (χ1n) is 3.38. The summed E-state index contributed by atoms with van der Waals surface area (Å²) >= 11 is 0. The Bertz CT molecular complexity index is 132. The standard InChI is InChI=1S/C4H6O4.C2H8N2.3Na.3H/c5-3(6)1-2-4(7)8;3-1-2-4;;;;;;/h1-2H2,(H,5,6)(H,7,8);1-4H2;;;;;;. The Kier molecular flexibility index (Phi) is 50.0. The van der Waals surface area contributed by atoms with Crippen molar-refractivity contribution >= 4 is 101 Å². The predicted octanol–water partition coefficient (Wildman–Crippen LogP) is -3.11. The molecule has 0 aromatic heterocycles. The number of carboxylic acid groups (broad SMARTS) is 2. The van der Waals surface area contributed by atoms with Crippen LogP contribution in [0.15, 0.2) is 0 Å². The molecule has 6 N–H and O–H groups in total. The molecule has 15 heavy (non-hydrogen) atoms. The van der Waals surface area contributed by atoms with Crippen molar-refractivity contribution < 1.29 is 19.8 Å². The van der Waals surface area contributed by atoms with Crippen LogP contribution in [0.2, 0.25) is 0 Å². The number of hydrogen-bond donors (Lipinski definition) is 4. The predicted molar refractivity (Wildman–Crippen MR) is 64.1 cm³/mol. The first-order chi connectivity index (χ1) is 5.54. The molecule has 0 saturated heterocycles. The Labute approximate surface area is 155 Å². The second-order valence-corrected chi connectivity index (χ2v) is 1.86. The van der Waals surface area contributed by atoms with E-state index in [0.717, 1.165) is 0 Å². The van der Waals surface area contributed by atoms with Crippen LogP contribution in [0.25, 0.3) is 0 Å². The molecule has 0 saturated carbocycles. The summed E-state index contributed by atoms with van der Waals surface area (Å²) < 4.78 is 0. The molecule has 0 fully saturated rings. The molecule has 6 nitrogen and oxygen atoms in total. The van der Waals surface area contributed by atoms with E-state index in [9.17, 15) is 9.59 Å². The van der Waals surface area contributed by atoms with Crippen LogP contribution in [-0.4, -0.2) is 124 Å². The zero-order chi connectivity index (χ0) is 9.98. The summed E-state index contributed by atoms with van der Waals surface area (Å²) in [5.41, 5.74) is 9.81. The molecule has 0 rings (SSSR count). The zero-order valence-corrected chi connectivity index (χ0v) is 6.69. The maximum atomic E-state index is 9.64. The maximum absolute atomic E-state index is 9.64. The molecule has 0 unspecified atom stereocenters. The van der Waals surface area contributed by atoms with Crippen LogP contribution in [0.3, 0.4) is 0 Å². The fourth-order valence-electron chi connectivity index (χ4n) is 0.214. The summed E-state index contributed by atoms with van der Waals surface area (Å²) in [6, 6.07) is 0. The summed E-state index contributed by atoms with van der Waals surface area (Å²) in [6.07, 6.45) is -0.593. The molecule has 0 radical (unpaired) electrons. The van der Waals surface area contributed by atoms with Crippen LogP contribution in [0.5, 0.6) is 0 Å². The topological polar surface area (TPSA) is 127 Å². The number of hydrogen-bond acceptors (Lipinski definition) is 4. The minimum atomic E-state index is -1.08. The van der Waals surface area contributed by atoms with Gasteiger partial charge in [0.1, 0.15) is 0 Å². The molecular formula is C6H17N2Na3O4.